The number of aromatic hydroxyl groups is 1. The molecule has 1 N–H and O–H groups in total. The Labute approximate surface area is 135 Å². The van der Waals surface area contributed by atoms with E-state index in [0.717, 1.165) is 37.7 Å². The first-order valence-electron chi connectivity index (χ1n) is 7.83. The summed E-state index contributed by atoms with van der Waals surface area (Å²) < 4.78 is 1.89. The quantitative estimate of drug-likeness (QED) is 0.920. The molecule has 0 atom stereocenters. The molecule has 0 radical (unpaired) electrons. The van der Waals surface area contributed by atoms with Crippen molar-refractivity contribution >= 4 is 5.82 Å². The van der Waals surface area contributed by atoms with Gasteiger partial charge in [-0.2, -0.15) is 0 Å². The van der Waals surface area contributed by atoms with Crippen LogP contribution in [0.5, 0.6) is 5.75 Å². The van der Waals surface area contributed by atoms with Crippen LogP contribution in [0.3, 0.4) is 0 Å². The second kappa shape index (κ2) is 6.42. The number of aromatic nitrogens is 2. The molecule has 0 unspecified atom stereocenters. The highest BCUT2D eigenvalue weighted by Gasteiger charge is 2.20. The van der Waals surface area contributed by atoms with Gasteiger partial charge in [-0.05, 0) is 19.1 Å². The molecule has 2 aromatic heterocycles. The van der Waals surface area contributed by atoms with Crippen LogP contribution in [0.25, 0.3) is 0 Å². The molecular weight excluding hydrogens is 292 g/mol. The Morgan fingerprint density at radius 1 is 1.22 bits per heavy atom. The van der Waals surface area contributed by atoms with Crippen molar-refractivity contribution in [3.8, 4) is 5.75 Å². The Morgan fingerprint density at radius 3 is 2.61 bits per heavy atom. The van der Waals surface area contributed by atoms with E-state index in [-0.39, 0.29) is 11.2 Å². The number of pyridine rings is 2. The van der Waals surface area contributed by atoms with Crippen LogP contribution >= 0.6 is 0 Å². The van der Waals surface area contributed by atoms with Gasteiger partial charge in [0.25, 0.3) is 0 Å². The van der Waals surface area contributed by atoms with Crippen molar-refractivity contribution < 1.29 is 5.11 Å². The van der Waals surface area contributed by atoms with Crippen LogP contribution in [0.1, 0.15) is 11.4 Å². The van der Waals surface area contributed by atoms with Crippen molar-refractivity contribution in [2.45, 2.75) is 13.5 Å². The Morgan fingerprint density at radius 2 is 1.96 bits per heavy atom. The second-order valence-electron chi connectivity index (χ2n) is 5.96. The lowest BCUT2D eigenvalue weighted by molar-refractivity contribution is 0.239. The summed E-state index contributed by atoms with van der Waals surface area (Å²) >= 11 is 0. The van der Waals surface area contributed by atoms with Gasteiger partial charge < -0.3 is 14.6 Å². The fraction of sp³-hybridized carbons (Fsp3) is 0.412. The Kier molecular flexibility index (Phi) is 4.34. The van der Waals surface area contributed by atoms with Gasteiger partial charge in [-0.25, -0.2) is 4.98 Å². The lowest BCUT2D eigenvalue weighted by Gasteiger charge is -2.35. The van der Waals surface area contributed by atoms with Gasteiger partial charge in [0.1, 0.15) is 5.82 Å². The van der Waals surface area contributed by atoms with Crippen LogP contribution in [-0.2, 0) is 13.6 Å². The number of anilines is 1. The molecule has 0 aliphatic carbocycles. The van der Waals surface area contributed by atoms with Gasteiger partial charge in [-0.15, -0.1) is 0 Å². The Hall–Kier alpha value is -2.34. The third kappa shape index (κ3) is 3.22. The van der Waals surface area contributed by atoms with Crippen molar-refractivity contribution in [3.05, 3.63) is 52.1 Å². The van der Waals surface area contributed by atoms with Crippen LogP contribution in [0, 0.1) is 6.92 Å². The highest BCUT2D eigenvalue weighted by Crippen LogP contribution is 2.18. The van der Waals surface area contributed by atoms with Gasteiger partial charge in [0.05, 0.1) is 5.69 Å². The molecule has 3 heterocycles. The maximum absolute atomic E-state index is 11.8. The predicted octanol–water partition coefficient (Wildman–Crippen LogP) is 1.12. The molecule has 122 valence electrons. The molecule has 1 fully saturated rings. The van der Waals surface area contributed by atoms with E-state index < -0.39 is 0 Å². The molecule has 1 aliphatic rings. The summed E-state index contributed by atoms with van der Waals surface area (Å²) in [6, 6.07) is 7.40. The molecule has 0 spiro atoms. The smallest absolute Gasteiger partial charge is 0.223 e. The van der Waals surface area contributed by atoms with Gasteiger partial charge in [-0.3, -0.25) is 9.69 Å². The molecule has 6 nitrogen and oxygen atoms in total. The topological polar surface area (TPSA) is 61.6 Å². The number of hydrogen-bond acceptors (Lipinski definition) is 5. The molecule has 23 heavy (non-hydrogen) atoms. The summed E-state index contributed by atoms with van der Waals surface area (Å²) in [5, 5.41) is 10.1. The molecular formula is C17H22N4O2. The molecule has 1 aliphatic heterocycles. The minimum absolute atomic E-state index is 0.134. The van der Waals surface area contributed by atoms with Crippen LogP contribution in [0.15, 0.2) is 35.3 Å². The lowest BCUT2D eigenvalue weighted by atomic mass is 10.2. The largest absolute Gasteiger partial charge is 0.503 e. The van der Waals surface area contributed by atoms with Gasteiger partial charge >= 0.3 is 0 Å². The maximum atomic E-state index is 11.8. The summed E-state index contributed by atoms with van der Waals surface area (Å²) in [6.07, 6.45) is 1.81. The van der Waals surface area contributed by atoms with Crippen LogP contribution in [0.2, 0.25) is 0 Å². The van der Waals surface area contributed by atoms with Gasteiger partial charge in [-0.1, -0.05) is 6.07 Å². The van der Waals surface area contributed by atoms with E-state index in [1.807, 2.05) is 42.9 Å². The highest BCUT2D eigenvalue weighted by molar-refractivity contribution is 5.38. The Bertz CT molecular complexity index is 734. The van der Waals surface area contributed by atoms with Gasteiger partial charge in [0.2, 0.25) is 5.43 Å². The summed E-state index contributed by atoms with van der Waals surface area (Å²) in [6.45, 7) is 5.98. The fourth-order valence-electron chi connectivity index (χ4n) is 2.94. The number of rotatable bonds is 3. The molecule has 0 bridgehead atoms. The normalized spacial score (nSPS) is 15.8. The van der Waals surface area contributed by atoms with E-state index in [1.165, 1.54) is 6.07 Å². The van der Waals surface area contributed by atoms with Crippen molar-refractivity contribution in [3.63, 3.8) is 0 Å². The van der Waals surface area contributed by atoms with E-state index in [2.05, 4.69) is 14.8 Å². The van der Waals surface area contributed by atoms with Crippen molar-refractivity contribution in [1.82, 2.24) is 14.5 Å². The monoisotopic (exact) mass is 314 g/mol. The number of nitrogens with zero attached hydrogens (tertiary/aromatic N) is 4. The zero-order chi connectivity index (χ0) is 16.4. The van der Waals surface area contributed by atoms with E-state index in [1.54, 1.807) is 0 Å². The maximum Gasteiger partial charge on any atom is 0.223 e. The second-order valence-corrected chi connectivity index (χ2v) is 5.96. The number of hydrogen-bond donors (Lipinski definition) is 1. The molecule has 0 aromatic carbocycles. The van der Waals surface area contributed by atoms with Crippen molar-refractivity contribution in [2.24, 2.45) is 7.05 Å². The van der Waals surface area contributed by atoms with Crippen LogP contribution in [0.4, 0.5) is 5.82 Å². The van der Waals surface area contributed by atoms with Gasteiger partial charge in [0, 0.05) is 57.7 Å². The summed E-state index contributed by atoms with van der Waals surface area (Å²) in [5.74, 6) is 0.864. The Balaban J connectivity index is 1.69. The standard InChI is InChI=1S/C17H22N4O2/c1-13-11-15(22)17(23)14(19(13)2)12-20-7-9-21(10-8-20)16-5-3-4-6-18-16/h3-6,11,23H,7-10,12H2,1-2H3. The van der Waals surface area contributed by atoms with E-state index in [0.29, 0.717) is 12.2 Å². The van der Waals surface area contributed by atoms with Gasteiger partial charge in [0.15, 0.2) is 5.75 Å². The molecule has 3 rings (SSSR count). The predicted molar refractivity (Wildman–Crippen MR) is 89.8 cm³/mol. The first-order valence-corrected chi connectivity index (χ1v) is 7.83. The van der Waals surface area contributed by atoms with E-state index >= 15 is 0 Å². The van der Waals surface area contributed by atoms with Crippen LogP contribution < -0.4 is 10.3 Å². The number of aryl methyl sites for hydroxylation is 1. The number of piperazine rings is 1. The molecule has 1 saturated heterocycles. The first kappa shape index (κ1) is 15.6. The minimum Gasteiger partial charge on any atom is -0.503 e. The fourth-order valence-corrected chi connectivity index (χ4v) is 2.94. The third-order valence-electron chi connectivity index (χ3n) is 4.50. The SMILES string of the molecule is Cc1cc(=O)c(O)c(CN2CCN(c3ccccn3)CC2)n1C. The summed E-state index contributed by atoms with van der Waals surface area (Å²) in [5.41, 5.74) is 1.24. The minimum atomic E-state index is -0.303. The summed E-state index contributed by atoms with van der Waals surface area (Å²) in [4.78, 5) is 20.7. The summed E-state index contributed by atoms with van der Waals surface area (Å²) in [7, 11) is 1.88. The van der Waals surface area contributed by atoms with Crippen molar-refractivity contribution in [2.75, 3.05) is 31.1 Å². The average Bonchev–Trinajstić information content (AvgIpc) is 2.58. The average molecular weight is 314 g/mol. The third-order valence-corrected chi connectivity index (χ3v) is 4.50. The van der Waals surface area contributed by atoms with E-state index in [4.69, 9.17) is 0 Å². The van der Waals surface area contributed by atoms with Crippen LogP contribution in [-0.4, -0.2) is 45.7 Å². The highest BCUT2D eigenvalue weighted by atomic mass is 16.3. The zero-order valence-electron chi connectivity index (χ0n) is 13.6. The first-order chi connectivity index (χ1) is 11.1. The molecule has 0 saturated carbocycles. The lowest BCUT2D eigenvalue weighted by Crippen LogP contribution is -2.46. The van der Waals surface area contributed by atoms with Crippen molar-refractivity contribution in [1.29, 1.82) is 0 Å². The molecule has 0 amide bonds. The zero-order valence-corrected chi connectivity index (χ0v) is 13.6. The molecule has 2 aromatic rings. The molecule has 6 heteroatoms. The van der Waals surface area contributed by atoms with E-state index in [9.17, 15) is 9.90 Å².